The summed E-state index contributed by atoms with van der Waals surface area (Å²) in [5.41, 5.74) is 5.78. The van der Waals surface area contributed by atoms with Crippen LogP contribution in [0, 0.1) is 0 Å². The molecule has 54 heavy (non-hydrogen) atoms. The minimum absolute atomic E-state index is 0.0516. The quantitative estimate of drug-likeness (QED) is 0.125. The molecule has 0 atom stereocenters. The Labute approximate surface area is 333 Å². The van der Waals surface area contributed by atoms with Crippen molar-refractivity contribution < 1.29 is 9.53 Å². The summed E-state index contributed by atoms with van der Waals surface area (Å²) < 4.78 is 9.29. The average molecular weight is 793 g/mol. The number of hydrogen-bond donors (Lipinski definition) is 1. The standard InChI is InChI=1S/C26H42N2O2SSi.C17H22N2O2S/c1-24(2,3)20-14-12-19(13-15-20)18-31-22-16-27-28(25(4,5)6)23(29)21(22)17-30-32(10,11)26(7,8)9;1-17(2,3)13-7-5-12(6-8-13)11-22-15-9-18-19(4)16(21)14(15)10-20/h12-16H,17-18H2,1-11H3;5-9,20H,10-11H2,1-4H3. The zero-order valence-corrected chi connectivity index (χ0v) is 38.0. The van der Waals surface area contributed by atoms with Gasteiger partial charge in [-0.1, -0.05) is 111 Å². The molecular formula is C43H64N4O4S2Si. The van der Waals surface area contributed by atoms with Crippen LogP contribution in [0.4, 0.5) is 0 Å². The van der Waals surface area contributed by atoms with Crippen LogP contribution in [0.5, 0.6) is 0 Å². The molecule has 0 fully saturated rings. The van der Waals surface area contributed by atoms with Gasteiger partial charge in [0, 0.05) is 28.3 Å². The van der Waals surface area contributed by atoms with Gasteiger partial charge in [0.05, 0.1) is 42.3 Å². The Morgan fingerprint density at radius 2 is 1.09 bits per heavy atom. The van der Waals surface area contributed by atoms with Crippen LogP contribution in [0.1, 0.15) is 116 Å². The van der Waals surface area contributed by atoms with E-state index in [4.69, 9.17) is 4.43 Å². The lowest BCUT2D eigenvalue weighted by Crippen LogP contribution is -2.42. The van der Waals surface area contributed by atoms with Crippen LogP contribution in [-0.2, 0) is 52.6 Å². The molecule has 11 heteroatoms. The second-order valence-electron chi connectivity index (χ2n) is 18.5. The van der Waals surface area contributed by atoms with E-state index < -0.39 is 8.32 Å². The molecule has 0 aliphatic carbocycles. The molecule has 0 aliphatic rings. The van der Waals surface area contributed by atoms with E-state index in [0.717, 1.165) is 26.9 Å². The molecule has 0 amide bonds. The molecule has 296 valence electrons. The summed E-state index contributed by atoms with van der Waals surface area (Å²) in [4.78, 5) is 27.0. The molecule has 2 aromatic heterocycles. The topological polar surface area (TPSA) is 99.2 Å². The SMILES string of the molecule is CC(C)(C)c1ccc(CSc2cnn(C(C)(C)C)c(=O)c2CO[Si](C)(C)C(C)(C)C)cc1.Cn1ncc(SCc2ccc(C(C)(C)C)cc2)c(CO)c1=O. The molecule has 4 aromatic rings. The van der Waals surface area contributed by atoms with Crippen LogP contribution in [0.15, 0.2) is 80.3 Å². The van der Waals surface area contributed by atoms with Crippen LogP contribution < -0.4 is 11.1 Å². The van der Waals surface area contributed by atoms with Gasteiger partial charge in [-0.3, -0.25) is 9.59 Å². The highest BCUT2D eigenvalue weighted by atomic mass is 32.2. The first-order valence-electron chi connectivity index (χ1n) is 18.6. The van der Waals surface area contributed by atoms with Crippen molar-refractivity contribution >= 4 is 31.8 Å². The second-order valence-corrected chi connectivity index (χ2v) is 25.3. The molecule has 0 bridgehead atoms. The predicted molar refractivity (Wildman–Crippen MR) is 230 cm³/mol. The van der Waals surface area contributed by atoms with Gasteiger partial charge in [-0.15, -0.1) is 23.5 Å². The highest BCUT2D eigenvalue weighted by Crippen LogP contribution is 2.38. The molecule has 0 saturated heterocycles. The van der Waals surface area contributed by atoms with E-state index in [9.17, 15) is 14.7 Å². The Balaban J connectivity index is 0.000000311. The van der Waals surface area contributed by atoms with Gasteiger partial charge in [-0.25, -0.2) is 9.36 Å². The Morgan fingerprint density at radius 3 is 1.48 bits per heavy atom. The number of aromatic nitrogens is 4. The fourth-order valence-corrected chi connectivity index (χ4v) is 7.90. The number of nitrogens with zero attached hydrogens (tertiary/aromatic N) is 4. The van der Waals surface area contributed by atoms with Gasteiger partial charge in [-0.05, 0) is 72.0 Å². The number of aryl methyl sites for hydroxylation is 1. The summed E-state index contributed by atoms with van der Waals surface area (Å²) in [7, 11) is -0.401. The molecule has 0 radical (unpaired) electrons. The first-order valence-corrected chi connectivity index (χ1v) is 23.5. The zero-order valence-electron chi connectivity index (χ0n) is 35.4. The van der Waals surface area contributed by atoms with Gasteiger partial charge in [0.2, 0.25) is 0 Å². The van der Waals surface area contributed by atoms with E-state index in [0.29, 0.717) is 12.2 Å². The first-order chi connectivity index (χ1) is 24.8. The molecular weight excluding hydrogens is 729 g/mol. The molecule has 0 saturated carbocycles. The lowest BCUT2D eigenvalue weighted by atomic mass is 9.87. The number of benzene rings is 2. The van der Waals surface area contributed by atoms with E-state index in [1.807, 2.05) is 27.0 Å². The van der Waals surface area contributed by atoms with Gasteiger partial charge in [-0.2, -0.15) is 10.2 Å². The Hall–Kier alpha value is -2.96. The number of hydrogen-bond acceptors (Lipinski definition) is 8. The zero-order chi connectivity index (χ0) is 40.9. The summed E-state index contributed by atoms with van der Waals surface area (Å²) >= 11 is 3.19. The van der Waals surface area contributed by atoms with Crippen LogP contribution >= 0.6 is 23.5 Å². The van der Waals surface area contributed by atoms with Crippen molar-refractivity contribution in [2.24, 2.45) is 7.05 Å². The maximum Gasteiger partial charge on any atom is 0.273 e. The van der Waals surface area contributed by atoms with Crippen molar-refractivity contribution in [3.8, 4) is 0 Å². The van der Waals surface area contributed by atoms with Gasteiger partial charge in [0.25, 0.3) is 11.1 Å². The molecule has 2 aromatic carbocycles. The van der Waals surface area contributed by atoms with Crippen molar-refractivity contribution in [3.05, 3.63) is 115 Å². The molecule has 8 nitrogen and oxygen atoms in total. The molecule has 2 heterocycles. The van der Waals surface area contributed by atoms with Crippen molar-refractivity contribution in [2.75, 3.05) is 0 Å². The molecule has 0 unspecified atom stereocenters. The monoisotopic (exact) mass is 792 g/mol. The Bertz CT molecular complexity index is 1960. The number of aliphatic hydroxyl groups excluding tert-OH is 1. The molecule has 0 aliphatic heterocycles. The second kappa shape index (κ2) is 17.9. The summed E-state index contributed by atoms with van der Waals surface area (Å²) in [6, 6.07) is 17.3. The van der Waals surface area contributed by atoms with Crippen LogP contribution in [0.2, 0.25) is 18.1 Å². The van der Waals surface area contributed by atoms with E-state index in [2.05, 4.69) is 134 Å². The van der Waals surface area contributed by atoms with E-state index in [1.54, 1.807) is 29.7 Å². The van der Waals surface area contributed by atoms with Crippen LogP contribution in [-0.4, -0.2) is 33.0 Å². The van der Waals surface area contributed by atoms with E-state index in [1.165, 1.54) is 38.7 Å². The first kappa shape index (κ1) is 45.4. The fourth-order valence-electron chi connectivity index (χ4n) is 5.04. The summed E-state index contributed by atoms with van der Waals surface area (Å²) in [5, 5.41) is 18.0. The summed E-state index contributed by atoms with van der Waals surface area (Å²) in [6.45, 7) is 30.4. The lowest BCUT2D eigenvalue weighted by molar-refractivity contribution is 0.264. The molecule has 4 rings (SSSR count). The Kier molecular flexibility index (Phi) is 15.0. The predicted octanol–water partition coefficient (Wildman–Crippen LogP) is 9.97. The van der Waals surface area contributed by atoms with Gasteiger partial charge in [0.1, 0.15) is 0 Å². The summed E-state index contributed by atoms with van der Waals surface area (Å²) in [6.07, 6.45) is 3.48. The highest BCUT2D eigenvalue weighted by Gasteiger charge is 2.37. The van der Waals surface area contributed by atoms with E-state index >= 15 is 0 Å². The summed E-state index contributed by atoms with van der Waals surface area (Å²) in [5.74, 6) is 1.53. The normalized spacial score (nSPS) is 12.7. The lowest BCUT2D eigenvalue weighted by Gasteiger charge is -2.36. The third kappa shape index (κ3) is 12.3. The minimum atomic E-state index is -1.99. The number of thioether (sulfide) groups is 2. The maximum absolute atomic E-state index is 13.4. The smallest absolute Gasteiger partial charge is 0.273 e. The largest absolute Gasteiger partial charge is 0.412 e. The number of rotatable bonds is 10. The minimum Gasteiger partial charge on any atom is -0.412 e. The van der Waals surface area contributed by atoms with Crippen molar-refractivity contribution in [1.29, 1.82) is 0 Å². The van der Waals surface area contributed by atoms with Crippen molar-refractivity contribution in [2.45, 2.75) is 152 Å². The average Bonchev–Trinajstić information content (AvgIpc) is 3.06. The van der Waals surface area contributed by atoms with Gasteiger partial charge >= 0.3 is 0 Å². The highest BCUT2D eigenvalue weighted by molar-refractivity contribution is 7.98. The third-order valence-corrected chi connectivity index (χ3v) is 16.6. The molecule has 1 N–H and O–H groups in total. The number of aliphatic hydroxyl groups is 1. The molecule has 0 spiro atoms. The third-order valence-electron chi connectivity index (χ3n) is 9.84. The van der Waals surface area contributed by atoms with Crippen molar-refractivity contribution in [3.63, 3.8) is 0 Å². The Morgan fingerprint density at radius 1 is 0.667 bits per heavy atom. The maximum atomic E-state index is 13.4. The van der Waals surface area contributed by atoms with Crippen LogP contribution in [0.3, 0.4) is 0 Å². The van der Waals surface area contributed by atoms with Crippen molar-refractivity contribution in [1.82, 2.24) is 19.6 Å². The fraction of sp³-hybridized carbons (Fsp3) is 0.535. The van der Waals surface area contributed by atoms with Gasteiger partial charge in [0.15, 0.2) is 8.32 Å². The van der Waals surface area contributed by atoms with E-state index in [-0.39, 0.29) is 39.1 Å². The van der Waals surface area contributed by atoms with Crippen LogP contribution in [0.25, 0.3) is 0 Å². The van der Waals surface area contributed by atoms with Gasteiger partial charge < -0.3 is 9.53 Å².